The molecule has 2 N–H and O–H groups in total. The first kappa shape index (κ1) is 17.0. The molecule has 0 unspecified atom stereocenters. The minimum absolute atomic E-state index is 0.338. The van der Waals surface area contributed by atoms with Crippen molar-refractivity contribution in [3.63, 3.8) is 0 Å². The van der Waals surface area contributed by atoms with Gasteiger partial charge in [-0.05, 0) is 38.1 Å². The summed E-state index contributed by atoms with van der Waals surface area (Å²) in [6.45, 7) is 2.56. The average molecular weight is 315 g/mol. The van der Waals surface area contributed by atoms with Crippen molar-refractivity contribution in [2.24, 2.45) is 0 Å². The van der Waals surface area contributed by atoms with E-state index in [1.54, 1.807) is 0 Å². The standard InChI is InChI=1S/C13H17NO6S/c1-9(2)21(18,19)8-12(15)14-10-3-5-11(6-4-10)20-7-13(16)17/h3-6,9H,7-8H2,1-2H3,(H,14,15)(H,16,17). The summed E-state index contributed by atoms with van der Waals surface area (Å²) in [7, 11) is -3.45. The number of ether oxygens (including phenoxy) is 1. The number of amides is 1. The van der Waals surface area contributed by atoms with Gasteiger partial charge in [-0.15, -0.1) is 0 Å². The van der Waals surface area contributed by atoms with Crippen LogP contribution in [0, 0.1) is 0 Å². The van der Waals surface area contributed by atoms with E-state index >= 15 is 0 Å². The summed E-state index contributed by atoms with van der Waals surface area (Å²) in [5.74, 6) is -1.96. The van der Waals surface area contributed by atoms with Crippen molar-refractivity contribution in [1.82, 2.24) is 0 Å². The number of carboxylic acids is 1. The molecule has 0 aliphatic rings. The minimum Gasteiger partial charge on any atom is -0.482 e. The Bertz CT molecular complexity index is 606. The third-order valence-corrected chi connectivity index (χ3v) is 4.65. The maximum absolute atomic E-state index is 11.6. The summed E-state index contributed by atoms with van der Waals surface area (Å²) in [6.07, 6.45) is 0. The van der Waals surface area contributed by atoms with Crippen LogP contribution in [-0.4, -0.2) is 43.0 Å². The fourth-order valence-electron chi connectivity index (χ4n) is 1.33. The Morgan fingerprint density at radius 3 is 2.29 bits per heavy atom. The first-order valence-electron chi connectivity index (χ1n) is 6.17. The van der Waals surface area contributed by atoms with Crippen molar-refractivity contribution in [2.45, 2.75) is 19.1 Å². The molecule has 1 aromatic carbocycles. The smallest absolute Gasteiger partial charge is 0.341 e. The zero-order valence-electron chi connectivity index (χ0n) is 11.7. The zero-order valence-corrected chi connectivity index (χ0v) is 12.5. The molecule has 0 aromatic heterocycles. The number of rotatable bonds is 7. The van der Waals surface area contributed by atoms with E-state index in [0.717, 1.165) is 0 Å². The number of benzene rings is 1. The highest BCUT2D eigenvalue weighted by molar-refractivity contribution is 7.92. The van der Waals surface area contributed by atoms with Crippen LogP contribution in [-0.2, 0) is 19.4 Å². The van der Waals surface area contributed by atoms with Gasteiger partial charge < -0.3 is 15.2 Å². The van der Waals surface area contributed by atoms with Gasteiger partial charge in [0.2, 0.25) is 5.91 Å². The lowest BCUT2D eigenvalue weighted by Gasteiger charge is -2.09. The number of carbonyl (C=O) groups is 2. The summed E-state index contributed by atoms with van der Waals surface area (Å²) < 4.78 is 28.1. The second kappa shape index (κ2) is 7.07. The zero-order chi connectivity index (χ0) is 16.0. The van der Waals surface area contributed by atoms with Gasteiger partial charge in [-0.2, -0.15) is 0 Å². The molecule has 0 aliphatic heterocycles. The van der Waals surface area contributed by atoms with E-state index in [9.17, 15) is 18.0 Å². The number of hydrogen-bond donors (Lipinski definition) is 2. The molecule has 0 fully saturated rings. The molecular weight excluding hydrogens is 298 g/mol. The summed E-state index contributed by atoms with van der Waals surface area (Å²) in [5, 5.41) is 10.3. The van der Waals surface area contributed by atoms with Crippen LogP contribution < -0.4 is 10.1 Å². The van der Waals surface area contributed by atoms with Crippen LogP contribution in [0.2, 0.25) is 0 Å². The van der Waals surface area contributed by atoms with E-state index < -0.39 is 39.3 Å². The van der Waals surface area contributed by atoms with Crippen LogP contribution in [0.4, 0.5) is 5.69 Å². The highest BCUT2D eigenvalue weighted by atomic mass is 32.2. The van der Waals surface area contributed by atoms with Crippen molar-refractivity contribution >= 4 is 27.4 Å². The van der Waals surface area contributed by atoms with Crippen LogP contribution in [0.15, 0.2) is 24.3 Å². The Hall–Kier alpha value is -2.09. The predicted octanol–water partition coefficient (Wildman–Crippen LogP) is 0.912. The van der Waals surface area contributed by atoms with E-state index in [-0.39, 0.29) is 0 Å². The molecule has 0 atom stereocenters. The third-order valence-electron chi connectivity index (χ3n) is 2.55. The van der Waals surface area contributed by atoms with Gasteiger partial charge in [-0.3, -0.25) is 4.79 Å². The molecule has 0 aliphatic carbocycles. The number of anilines is 1. The Morgan fingerprint density at radius 2 is 1.81 bits per heavy atom. The van der Waals surface area contributed by atoms with E-state index in [0.29, 0.717) is 11.4 Å². The van der Waals surface area contributed by atoms with Crippen LogP contribution in [0.1, 0.15) is 13.8 Å². The molecule has 1 rings (SSSR count). The summed E-state index contributed by atoms with van der Waals surface area (Å²) >= 11 is 0. The number of sulfone groups is 1. The molecule has 21 heavy (non-hydrogen) atoms. The SMILES string of the molecule is CC(C)S(=O)(=O)CC(=O)Nc1ccc(OCC(=O)O)cc1. The second-order valence-corrected chi connectivity index (χ2v) is 7.17. The monoisotopic (exact) mass is 315 g/mol. The van der Waals surface area contributed by atoms with Crippen LogP contribution in [0.3, 0.4) is 0 Å². The number of aliphatic carboxylic acids is 1. The molecule has 8 heteroatoms. The first-order valence-corrected chi connectivity index (χ1v) is 7.88. The molecule has 0 heterocycles. The van der Waals surface area contributed by atoms with Gasteiger partial charge in [0.25, 0.3) is 0 Å². The average Bonchev–Trinajstić information content (AvgIpc) is 2.36. The lowest BCUT2D eigenvalue weighted by atomic mass is 10.3. The number of nitrogens with one attached hydrogen (secondary N) is 1. The van der Waals surface area contributed by atoms with E-state index in [4.69, 9.17) is 9.84 Å². The molecule has 1 amide bonds. The quantitative estimate of drug-likeness (QED) is 0.774. The Morgan fingerprint density at radius 1 is 1.24 bits per heavy atom. The topological polar surface area (TPSA) is 110 Å². The first-order chi connectivity index (χ1) is 9.70. The van der Waals surface area contributed by atoms with Gasteiger partial charge in [0.05, 0.1) is 5.25 Å². The largest absolute Gasteiger partial charge is 0.482 e. The lowest BCUT2D eigenvalue weighted by molar-refractivity contribution is -0.139. The van der Waals surface area contributed by atoms with E-state index in [1.165, 1.54) is 38.1 Å². The van der Waals surface area contributed by atoms with Gasteiger partial charge in [0.15, 0.2) is 16.4 Å². The van der Waals surface area contributed by atoms with Crippen LogP contribution in [0.5, 0.6) is 5.75 Å². The maximum Gasteiger partial charge on any atom is 0.341 e. The van der Waals surface area contributed by atoms with E-state index in [2.05, 4.69) is 5.32 Å². The fourth-order valence-corrected chi connectivity index (χ4v) is 2.10. The van der Waals surface area contributed by atoms with Gasteiger partial charge in [-0.1, -0.05) is 0 Å². The molecule has 0 spiro atoms. The van der Waals surface area contributed by atoms with Crippen molar-refractivity contribution in [1.29, 1.82) is 0 Å². The summed E-state index contributed by atoms with van der Waals surface area (Å²) in [5.41, 5.74) is 0.404. The summed E-state index contributed by atoms with van der Waals surface area (Å²) in [4.78, 5) is 22.0. The molecule has 0 radical (unpaired) electrons. The number of carboxylic acid groups (broad SMARTS) is 1. The van der Waals surface area contributed by atoms with Crippen molar-refractivity contribution in [3.05, 3.63) is 24.3 Å². The molecular formula is C13H17NO6S. The Kier molecular flexibility index (Phi) is 5.71. The second-order valence-electron chi connectivity index (χ2n) is 4.61. The minimum atomic E-state index is -3.45. The molecule has 7 nitrogen and oxygen atoms in total. The van der Waals surface area contributed by atoms with Gasteiger partial charge >= 0.3 is 5.97 Å². The van der Waals surface area contributed by atoms with Gasteiger partial charge in [-0.25, -0.2) is 13.2 Å². The molecule has 1 aromatic rings. The molecule has 0 saturated carbocycles. The normalized spacial score (nSPS) is 11.2. The van der Waals surface area contributed by atoms with E-state index in [1.807, 2.05) is 0 Å². The Balaban J connectivity index is 2.60. The Labute approximate surface area is 122 Å². The third kappa shape index (κ3) is 5.82. The molecule has 116 valence electrons. The van der Waals surface area contributed by atoms with Crippen molar-refractivity contribution < 1.29 is 27.9 Å². The van der Waals surface area contributed by atoms with Crippen LogP contribution in [0.25, 0.3) is 0 Å². The number of carbonyl (C=O) groups excluding carboxylic acids is 1. The highest BCUT2D eigenvalue weighted by Gasteiger charge is 2.20. The predicted molar refractivity (Wildman–Crippen MR) is 77.1 cm³/mol. The molecule has 0 bridgehead atoms. The van der Waals surface area contributed by atoms with Crippen molar-refractivity contribution in [2.75, 3.05) is 17.7 Å². The lowest BCUT2D eigenvalue weighted by Crippen LogP contribution is -2.27. The van der Waals surface area contributed by atoms with Crippen LogP contribution >= 0.6 is 0 Å². The van der Waals surface area contributed by atoms with Gasteiger partial charge in [0.1, 0.15) is 11.5 Å². The van der Waals surface area contributed by atoms with Crippen molar-refractivity contribution in [3.8, 4) is 5.75 Å². The maximum atomic E-state index is 11.6. The summed E-state index contributed by atoms with van der Waals surface area (Å²) in [6, 6.07) is 5.96. The fraction of sp³-hybridized carbons (Fsp3) is 0.385. The highest BCUT2D eigenvalue weighted by Crippen LogP contribution is 2.15. The molecule has 0 saturated heterocycles. The number of hydrogen-bond acceptors (Lipinski definition) is 5. The van der Waals surface area contributed by atoms with Gasteiger partial charge in [0, 0.05) is 5.69 Å².